The SMILES string of the molecule is CN(C)Cc1ccc([C@@H]2CCCN2S(=O)(=O)N2CCCC2)nc1. The van der Waals surface area contributed by atoms with Gasteiger partial charge in [-0.25, -0.2) is 0 Å². The third-order valence-corrected chi connectivity index (χ3v) is 6.63. The average molecular weight is 338 g/mol. The van der Waals surface area contributed by atoms with E-state index in [0.29, 0.717) is 19.6 Å². The molecule has 0 aromatic carbocycles. The highest BCUT2D eigenvalue weighted by molar-refractivity contribution is 7.86. The van der Waals surface area contributed by atoms with Gasteiger partial charge in [0, 0.05) is 32.4 Å². The first-order chi connectivity index (χ1) is 11.0. The molecule has 7 heteroatoms. The average Bonchev–Trinajstić information content (AvgIpc) is 3.19. The predicted octanol–water partition coefficient (Wildman–Crippen LogP) is 1.62. The van der Waals surface area contributed by atoms with Crippen molar-refractivity contribution in [2.24, 2.45) is 0 Å². The topological polar surface area (TPSA) is 56.8 Å². The summed E-state index contributed by atoms with van der Waals surface area (Å²) in [5.41, 5.74) is 2.01. The first-order valence-corrected chi connectivity index (χ1v) is 9.74. The van der Waals surface area contributed by atoms with E-state index in [-0.39, 0.29) is 6.04 Å². The number of pyridine rings is 1. The zero-order chi connectivity index (χ0) is 16.4. The van der Waals surface area contributed by atoms with Crippen LogP contribution in [0, 0.1) is 0 Å². The number of rotatable bonds is 5. The van der Waals surface area contributed by atoms with Crippen LogP contribution in [0.3, 0.4) is 0 Å². The van der Waals surface area contributed by atoms with Gasteiger partial charge in [0.15, 0.2) is 0 Å². The molecule has 0 saturated carbocycles. The van der Waals surface area contributed by atoms with E-state index in [9.17, 15) is 8.42 Å². The molecule has 2 aliphatic rings. The standard InChI is InChI=1S/C16H26N4O2S/c1-18(2)13-14-7-8-15(17-12-14)16-6-5-11-20(16)23(21,22)19-9-3-4-10-19/h7-8,12,16H,3-6,9-11,13H2,1-2H3/t16-/m0/s1. The third kappa shape index (κ3) is 3.57. The number of hydrogen-bond acceptors (Lipinski definition) is 4. The Kier molecular flexibility index (Phi) is 5.01. The molecule has 2 saturated heterocycles. The quantitative estimate of drug-likeness (QED) is 0.819. The van der Waals surface area contributed by atoms with Crippen LogP contribution in [0.25, 0.3) is 0 Å². The van der Waals surface area contributed by atoms with Crippen LogP contribution in [0.5, 0.6) is 0 Å². The third-order valence-electron chi connectivity index (χ3n) is 4.58. The number of nitrogens with zero attached hydrogens (tertiary/aromatic N) is 4. The van der Waals surface area contributed by atoms with Gasteiger partial charge >= 0.3 is 0 Å². The van der Waals surface area contributed by atoms with Gasteiger partial charge in [0.25, 0.3) is 10.2 Å². The van der Waals surface area contributed by atoms with Gasteiger partial charge in [0.05, 0.1) is 11.7 Å². The predicted molar refractivity (Wildman–Crippen MR) is 90.0 cm³/mol. The molecule has 2 aliphatic heterocycles. The molecule has 23 heavy (non-hydrogen) atoms. The maximum absolute atomic E-state index is 12.8. The molecule has 2 fully saturated rings. The van der Waals surface area contributed by atoms with Crippen molar-refractivity contribution >= 4 is 10.2 Å². The molecule has 0 unspecified atom stereocenters. The van der Waals surface area contributed by atoms with Crippen LogP contribution in [0.2, 0.25) is 0 Å². The van der Waals surface area contributed by atoms with Gasteiger partial charge in [0.2, 0.25) is 0 Å². The van der Waals surface area contributed by atoms with Gasteiger partial charge < -0.3 is 4.90 Å². The first-order valence-electron chi connectivity index (χ1n) is 8.35. The van der Waals surface area contributed by atoms with Gasteiger partial charge in [-0.3, -0.25) is 4.98 Å². The Balaban J connectivity index is 1.78. The van der Waals surface area contributed by atoms with Gasteiger partial charge in [0.1, 0.15) is 0 Å². The van der Waals surface area contributed by atoms with Crippen molar-refractivity contribution < 1.29 is 8.42 Å². The molecular weight excluding hydrogens is 312 g/mol. The minimum Gasteiger partial charge on any atom is -0.305 e. The smallest absolute Gasteiger partial charge is 0.282 e. The van der Waals surface area contributed by atoms with E-state index in [1.165, 1.54) is 0 Å². The molecular formula is C16H26N4O2S. The van der Waals surface area contributed by atoms with E-state index in [4.69, 9.17) is 0 Å². The molecule has 3 heterocycles. The lowest BCUT2D eigenvalue weighted by Gasteiger charge is -2.28. The summed E-state index contributed by atoms with van der Waals surface area (Å²) in [5.74, 6) is 0. The van der Waals surface area contributed by atoms with E-state index in [2.05, 4.69) is 16.0 Å². The molecule has 128 valence electrons. The van der Waals surface area contributed by atoms with Crippen LogP contribution < -0.4 is 0 Å². The summed E-state index contributed by atoms with van der Waals surface area (Å²) in [7, 11) is 0.700. The fourth-order valence-corrected chi connectivity index (χ4v) is 5.38. The van der Waals surface area contributed by atoms with Crippen LogP contribution in [-0.4, -0.2) is 60.6 Å². The van der Waals surface area contributed by atoms with E-state index >= 15 is 0 Å². The molecule has 1 aromatic heterocycles. The zero-order valence-corrected chi connectivity index (χ0v) is 14.8. The highest BCUT2D eigenvalue weighted by Gasteiger charge is 2.40. The molecule has 1 atom stereocenters. The maximum atomic E-state index is 12.8. The Morgan fingerprint density at radius 2 is 1.91 bits per heavy atom. The van der Waals surface area contributed by atoms with E-state index < -0.39 is 10.2 Å². The van der Waals surface area contributed by atoms with Crippen molar-refractivity contribution in [1.82, 2.24) is 18.5 Å². The number of hydrogen-bond donors (Lipinski definition) is 0. The van der Waals surface area contributed by atoms with E-state index in [1.54, 1.807) is 8.61 Å². The highest BCUT2D eigenvalue weighted by atomic mass is 32.2. The van der Waals surface area contributed by atoms with Crippen molar-refractivity contribution in [1.29, 1.82) is 0 Å². The minimum atomic E-state index is -3.35. The summed E-state index contributed by atoms with van der Waals surface area (Å²) in [4.78, 5) is 6.65. The largest absolute Gasteiger partial charge is 0.305 e. The number of aromatic nitrogens is 1. The Bertz CT molecular complexity index is 624. The molecule has 0 spiro atoms. The lowest BCUT2D eigenvalue weighted by Crippen LogP contribution is -2.42. The molecule has 6 nitrogen and oxygen atoms in total. The lowest BCUT2D eigenvalue weighted by molar-refractivity contribution is 0.344. The van der Waals surface area contributed by atoms with Gasteiger partial charge in [-0.2, -0.15) is 17.0 Å². The minimum absolute atomic E-state index is 0.117. The molecule has 0 N–H and O–H groups in total. The van der Waals surface area contributed by atoms with Crippen molar-refractivity contribution in [2.75, 3.05) is 33.7 Å². The second-order valence-corrected chi connectivity index (χ2v) is 8.59. The first kappa shape index (κ1) is 16.8. The van der Waals surface area contributed by atoms with Crippen LogP contribution in [0.4, 0.5) is 0 Å². The van der Waals surface area contributed by atoms with Crippen molar-refractivity contribution in [3.63, 3.8) is 0 Å². The second kappa shape index (κ2) is 6.84. The van der Waals surface area contributed by atoms with Crippen LogP contribution in [-0.2, 0) is 16.8 Å². The van der Waals surface area contributed by atoms with Crippen molar-refractivity contribution in [3.8, 4) is 0 Å². The highest BCUT2D eigenvalue weighted by Crippen LogP contribution is 2.35. The summed E-state index contributed by atoms with van der Waals surface area (Å²) in [5, 5.41) is 0. The molecule has 0 amide bonds. The summed E-state index contributed by atoms with van der Waals surface area (Å²) in [6, 6.07) is 3.93. The van der Waals surface area contributed by atoms with Crippen molar-refractivity contribution in [2.45, 2.75) is 38.3 Å². The fourth-order valence-electron chi connectivity index (χ4n) is 3.47. The van der Waals surface area contributed by atoms with Crippen LogP contribution in [0.1, 0.15) is 43.0 Å². The monoisotopic (exact) mass is 338 g/mol. The van der Waals surface area contributed by atoms with Crippen LogP contribution in [0.15, 0.2) is 18.3 Å². The summed E-state index contributed by atoms with van der Waals surface area (Å²) >= 11 is 0. The summed E-state index contributed by atoms with van der Waals surface area (Å²) < 4.78 is 29.0. The molecule has 0 aliphatic carbocycles. The van der Waals surface area contributed by atoms with Gasteiger partial charge in [-0.15, -0.1) is 0 Å². The van der Waals surface area contributed by atoms with Crippen LogP contribution >= 0.6 is 0 Å². The molecule has 0 bridgehead atoms. The van der Waals surface area contributed by atoms with E-state index in [1.807, 2.05) is 26.4 Å². The van der Waals surface area contributed by atoms with Gasteiger partial charge in [-0.1, -0.05) is 6.07 Å². The Hall–Kier alpha value is -1.02. The Morgan fingerprint density at radius 1 is 1.17 bits per heavy atom. The zero-order valence-electron chi connectivity index (χ0n) is 14.0. The lowest BCUT2D eigenvalue weighted by atomic mass is 10.1. The summed E-state index contributed by atoms with van der Waals surface area (Å²) in [6.45, 7) is 2.75. The molecule has 3 rings (SSSR count). The summed E-state index contributed by atoms with van der Waals surface area (Å²) in [6.07, 6.45) is 5.56. The maximum Gasteiger partial charge on any atom is 0.282 e. The van der Waals surface area contributed by atoms with Crippen molar-refractivity contribution in [3.05, 3.63) is 29.6 Å². The molecule has 0 radical (unpaired) electrons. The Morgan fingerprint density at radius 3 is 2.52 bits per heavy atom. The normalized spacial score (nSPS) is 23.9. The second-order valence-electron chi connectivity index (χ2n) is 6.71. The van der Waals surface area contributed by atoms with Gasteiger partial charge in [-0.05, 0) is 51.4 Å². The molecule has 1 aromatic rings. The van der Waals surface area contributed by atoms with E-state index in [0.717, 1.165) is 43.5 Å². The fraction of sp³-hybridized carbons (Fsp3) is 0.688. The Labute approximate surface area is 139 Å².